The van der Waals surface area contributed by atoms with E-state index in [1.54, 1.807) is 9.58 Å². The van der Waals surface area contributed by atoms with Gasteiger partial charge in [0.15, 0.2) is 0 Å². The third-order valence-corrected chi connectivity index (χ3v) is 6.01. The highest BCUT2D eigenvalue weighted by molar-refractivity contribution is 6.30. The zero-order chi connectivity index (χ0) is 21.1. The van der Waals surface area contributed by atoms with Crippen LogP contribution in [0.2, 0.25) is 5.02 Å². The van der Waals surface area contributed by atoms with Crippen LogP contribution in [0.25, 0.3) is 10.8 Å². The molecule has 1 fully saturated rings. The van der Waals surface area contributed by atoms with Crippen molar-refractivity contribution in [1.82, 2.24) is 14.7 Å². The van der Waals surface area contributed by atoms with Crippen molar-refractivity contribution >= 4 is 28.3 Å². The normalized spacial score (nSPS) is 17.1. The Balaban J connectivity index is 1.71. The lowest BCUT2D eigenvalue weighted by Crippen LogP contribution is -2.37. The highest BCUT2D eigenvalue weighted by Gasteiger charge is 2.23. The third kappa shape index (κ3) is 4.25. The minimum atomic E-state index is -0.0749. The Bertz CT molecular complexity index is 1110. The fourth-order valence-corrected chi connectivity index (χ4v) is 4.28. The number of hydrogen-bond donors (Lipinski definition) is 1. The molecule has 7 heteroatoms. The summed E-state index contributed by atoms with van der Waals surface area (Å²) in [5.41, 5.74) is 7.40. The van der Waals surface area contributed by atoms with Crippen molar-refractivity contribution in [3.8, 4) is 0 Å². The van der Waals surface area contributed by atoms with Gasteiger partial charge in [-0.2, -0.15) is 5.10 Å². The number of aromatic nitrogens is 2. The number of nitrogens with zero attached hydrogens (tertiary/aromatic N) is 3. The lowest BCUT2D eigenvalue weighted by molar-refractivity contribution is -0.129. The summed E-state index contributed by atoms with van der Waals surface area (Å²) in [5.74, 6) is -0.0436. The van der Waals surface area contributed by atoms with Crippen molar-refractivity contribution in [2.75, 3.05) is 19.6 Å². The van der Waals surface area contributed by atoms with Crippen LogP contribution in [0.1, 0.15) is 36.6 Å². The van der Waals surface area contributed by atoms with Crippen molar-refractivity contribution in [3.05, 3.63) is 75.2 Å². The summed E-state index contributed by atoms with van der Waals surface area (Å²) in [5, 5.41) is 7.06. The highest BCUT2D eigenvalue weighted by Crippen LogP contribution is 2.24. The first-order chi connectivity index (χ1) is 14.6. The monoisotopic (exact) mass is 424 g/mol. The summed E-state index contributed by atoms with van der Waals surface area (Å²) in [7, 11) is 0. The van der Waals surface area contributed by atoms with Crippen LogP contribution in [-0.4, -0.2) is 40.2 Å². The second-order valence-electron chi connectivity index (χ2n) is 7.71. The standard InChI is InChI=1S/C23H25ClN4O2/c24-17-9-7-16(8-10-17)14-21-19-5-1-2-6-20(19)23(30)28(26-21)18-4-3-12-27(13-11-18)22(29)15-25/h1-2,5-10,18H,3-4,11-15,25H2. The van der Waals surface area contributed by atoms with Gasteiger partial charge in [-0.05, 0) is 43.0 Å². The van der Waals surface area contributed by atoms with Crippen molar-refractivity contribution in [3.63, 3.8) is 0 Å². The minimum Gasteiger partial charge on any atom is -0.342 e. The Morgan fingerprint density at radius 3 is 2.53 bits per heavy atom. The van der Waals surface area contributed by atoms with Crippen molar-refractivity contribution in [1.29, 1.82) is 0 Å². The fourth-order valence-electron chi connectivity index (χ4n) is 4.15. The quantitative estimate of drug-likeness (QED) is 0.697. The summed E-state index contributed by atoms with van der Waals surface area (Å²) in [6.45, 7) is 1.28. The van der Waals surface area contributed by atoms with Gasteiger partial charge in [-0.1, -0.05) is 41.9 Å². The molecule has 6 nitrogen and oxygen atoms in total. The van der Waals surface area contributed by atoms with Gasteiger partial charge in [0, 0.05) is 29.9 Å². The molecule has 2 N–H and O–H groups in total. The van der Waals surface area contributed by atoms with E-state index in [2.05, 4.69) is 0 Å². The second kappa shape index (κ2) is 8.98. The molecule has 2 heterocycles. The fraction of sp³-hybridized carbons (Fsp3) is 0.348. The van der Waals surface area contributed by atoms with Gasteiger partial charge < -0.3 is 10.6 Å². The average molecular weight is 425 g/mol. The molecule has 2 aromatic carbocycles. The number of hydrogen-bond acceptors (Lipinski definition) is 4. The van der Waals surface area contributed by atoms with E-state index in [9.17, 15) is 9.59 Å². The van der Waals surface area contributed by atoms with Gasteiger partial charge in [-0.15, -0.1) is 0 Å². The topological polar surface area (TPSA) is 81.2 Å². The summed E-state index contributed by atoms with van der Waals surface area (Å²) < 4.78 is 1.64. The molecule has 1 saturated heterocycles. The maximum atomic E-state index is 13.2. The minimum absolute atomic E-state index is 0.0179. The third-order valence-electron chi connectivity index (χ3n) is 5.76. The largest absolute Gasteiger partial charge is 0.342 e. The van der Waals surface area contributed by atoms with E-state index in [4.69, 9.17) is 22.4 Å². The van der Waals surface area contributed by atoms with Crippen LogP contribution in [0.5, 0.6) is 0 Å². The molecule has 0 saturated carbocycles. The van der Waals surface area contributed by atoms with Crippen LogP contribution in [0.15, 0.2) is 53.3 Å². The van der Waals surface area contributed by atoms with Crippen LogP contribution in [0, 0.1) is 0 Å². The molecule has 0 aliphatic carbocycles. The Labute approximate surface area is 180 Å². The first-order valence-electron chi connectivity index (χ1n) is 10.3. The number of carbonyl (C=O) groups is 1. The molecule has 0 bridgehead atoms. The number of carbonyl (C=O) groups excluding carboxylic acids is 1. The molecule has 1 amide bonds. The molecule has 1 aliphatic heterocycles. The summed E-state index contributed by atoms with van der Waals surface area (Å²) in [6, 6.07) is 15.3. The Morgan fingerprint density at radius 2 is 1.80 bits per heavy atom. The number of halogens is 1. The Hall–Kier alpha value is -2.70. The predicted octanol–water partition coefficient (Wildman–Crippen LogP) is 3.15. The van der Waals surface area contributed by atoms with E-state index in [0.29, 0.717) is 36.3 Å². The molecule has 4 rings (SSSR count). The van der Waals surface area contributed by atoms with Gasteiger partial charge in [0.25, 0.3) is 5.56 Å². The maximum absolute atomic E-state index is 13.2. The van der Waals surface area contributed by atoms with Gasteiger partial charge >= 0.3 is 0 Å². The number of benzene rings is 2. The SMILES string of the molecule is NCC(=O)N1CCCC(n2nc(Cc3ccc(Cl)cc3)c3ccccc3c2=O)CC1. The van der Waals surface area contributed by atoms with Crippen molar-refractivity contribution < 1.29 is 4.79 Å². The van der Waals surface area contributed by atoms with Gasteiger partial charge in [0.05, 0.1) is 23.7 Å². The van der Waals surface area contributed by atoms with Crippen LogP contribution >= 0.6 is 11.6 Å². The summed E-state index contributed by atoms with van der Waals surface area (Å²) in [6.07, 6.45) is 2.93. The summed E-state index contributed by atoms with van der Waals surface area (Å²) in [4.78, 5) is 27.0. The average Bonchev–Trinajstić information content (AvgIpc) is 3.03. The van der Waals surface area contributed by atoms with Gasteiger partial charge in [-0.3, -0.25) is 9.59 Å². The highest BCUT2D eigenvalue weighted by atomic mass is 35.5. The van der Waals surface area contributed by atoms with E-state index in [-0.39, 0.29) is 24.1 Å². The van der Waals surface area contributed by atoms with Crippen LogP contribution < -0.4 is 11.3 Å². The molecule has 1 aromatic heterocycles. The second-order valence-corrected chi connectivity index (χ2v) is 8.15. The maximum Gasteiger partial charge on any atom is 0.274 e. The smallest absolute Gasteiger partial charge is 0.274 e. The molecule has 1 unspecified atom stereocenters. The number of rotatable bonds is 4. The van der Waals surface area contributed by atoms with Crippen LogP contribution in [0.4, 0.5) is 0 Å². The first kappa shape index (κ1) is 20.6. The molecule has 1 atom stereocenters. The molecular weight excluding hydrogens is 400 g/mol. The van der Waals surface area contributed by atoms with E-state index < -0.39 is 0 Å². The Kier molecular flexibility index (Phi) is 6.16. The summed E-state index contributed by atoms with van der Waals surface area (Å²) >= 11 is 6.02. The molecule has 156 valence electrons. The van der Waals surface area contributed by atoms with Crippen molar-refractivity contribution in [2.24, 2.45) is 5.73 Å². The molecular formula is C23H25ClN4O2. The van der Waals surface area contributed by atoms with E-state index >= 15 is 0 Å². The zero-order valence-corrected chi connectivity index (χ0v) is 17.5. The van der Waals surface area contributed by atoms with Crippen molar-refractivity contribution in [2.45, 2.75) is 31.7 Å². The Morgan fingerprint density at radius 1 is 1.07 bits per heavy atom. The van der Waals surface area contributed by atoms with Gasteiger partial charge in [0.2, 0.25) is 5.91 Å². The predicted molar refractivity (Wildman–Crippen MR) is 119 cm³/mol. The lowest BCUT2D eigenvalue weighted by atomic mass is 10.0. The number of likely N-dealkylation sites (tertiary alicyclic amines) is 1. The van der Waals surface area contributed by atoms with Gasteiger partial charge in [0.1, 0.15) is 0 Å². The van der Waals surface area contributed by atoms with E-state index in [1.807, 2.05) is 48.5 Å². The van der Waals surface area contributed by atoms with Crippen LogP contribution in [-0.2, 0) is 11.2 Å². The van der Waals surface area contributed by atoms with E-state index in [0.717, 1.165) is 29.5 Å². The molecule has 0 radical (unpaired) electrons. The number of nitrogens with two attached hydrogens (primary N) is 1. The number of amides is 1. The van der Waals surface area contributed by atoms with E-state index in [1.165, 1.54) is 0 Å². The molecule has 30 heavy (non-hydrogen) atoms. The van der Waals surface area contributed by atoms with Crippen LogP contribution in [0.3, 0.4) is 0 Å². The molecule has 1 aliphatic rings. The lowest BCUT2D eigenvalue weighted by Gasteiger charge is -2.21. The number of fused-ring (bicyclic) bond motifs is 1. The zero-order valence-electron chi connectivity index (χ0n) is 16.8. The van der Waals surface area contributed by atoms with Gasteiger partial charge in [-0.25, -0.2) is 4.68 Å². The first-order valence-corrected chi connectivity index (χ1v) is 10.7. The molecule has 3 aromatic rings. The molecule has 0 spiro atoms.